The summed E-state index contributed by atoms with van der Waals surface area (Å²) in [4.78, 5) is 29.2. The van der Waals surface area contributed by atoms with Gasteiger partial charge >= 0.3 is 5.97 Å². The maximum absolute atomic E-state index is 13.1. The largest absolute Gasteiger partial charge is 0.486 e. The second-order valence-corrected chi connectivity index (χ2v) is 9.82. The lowest BCUT2D eigenvalue weighted by molar-refractivity contribution is -0.117. The molecule has 5 rings (SSSR count). The van der Waals surface area contributed by atoms with Crippen LogP contribution in [0.4, 0.5) is 5.00 Å². The zero-order valence-corrected chi connectivity index (χ0v) is 19.8. The summed E-state index contributed by atoms with van der Waals surface area (Å²) >= 11 is 1.53. The van der Waals surface area contributed by atoms with Gasteiger partial charge in [-0.15, -0.1) is 11.3 Å². The summed E-state index contributed by atoms with van der Waals surface area (Å²) in [5.41, 5.74) is 2.77. The number of esters is 1. The van der Waals surface area contributed by atoms with Crippen LogP contribution in [-0.2, 0) is 22.4 Å². The molecule has 1 fully saturated rings. The van der Waals surface area contributed by atoms with Gasteiger partial charge in [0.2, 0.25) is 5.91 Å². The van der Waals surface area contributed by atoms with Crippen molar-refractivity contribution in [3.8, 4) is 11.5 Å². The summed E-state index contributed by atoms with van der Waals surface area (Å²) in [5, 5.41) is 3.69. The first-order valence-electron chi connectivity index (χ1n) is 11.9. The van der Waals surface area contributed by atoms with E-state index in [2.05, 4.69) is 16.3 Å². The molecule has 1 amide bonds. The highest BCUT2D eigenvalue weighted by Crippen LogP contribution is 2.40. The summed E-state index contributed by atoms with van der Waals surface area (Å²) in [6, 6.07) is 6.23. The molecule has 2 aliphatic heterocycles. The number of likely N-dealkylation sites (tertiary alicyclic amines) is 1. The molecule has 0 saturated carbocycles. The van der Waals surface area contributed by atoms with Crippen LogP contribution >= 0.6 is 11.3 Å². The molecule has 7 nitrogen and oxygen atoms in total. The van der Waals surface area contributed by atoms with Gasteiger partial charge in [-0.2, -0.15) is 0 Å². The van der Waals surface area contributed by atoms with Gasteiger partial charge in [0.1, 0.15) is 18.2 Å². The van der Waals surface area contributed by atoms with Crippen molar-refractivity contribution in [1.82, 2.24) is 4.90 Å². The van der Waals surface area contributed by atoms with Crippen LogP contribution < -0.4 is 14.8 Å². The maximum Gasteiger partial charge on any atom is 0.341 e. The number of anilines is 1. The molecular weight excluding hydrogens is 440 g/mol. The Kier molecular flexibility index (Phi) is 6.55. The highest BCUT2D eigenvalue weighted by Gasteiger charge is 2.31. The molecule has 3 aliphatic rings. The number of aryl methyl sites for hydroxylation is 1. The molecular formula is C25H30N2O5S. The number of nitrogens with one attached hydrogen (secondary N) is 1. The molecule has 1 aromatic carbocycles. The van der Waals surface area contributed by atoms with Gasteiger partial charge in [-0.05, 0) is 75.3 Å². The minimum atomic E-state index is -0.331. The van der Waals surface area contributed by atoms with Crippen molar-refractivity contribution < 1.29 is 23.8 Å². The van der Waals surface area contributed by atoms with Crippen LogP contribution in [0.2, 0.25) is 0 Å². The molecule has 0 radical (unpaired) electrons. The Labute approximate surface area is 198 Å². The Hall–Kier alpha value is -2.58. The lowest BCUT2D eigenvalue weighted by Gasteiger charge is -2.26. The van der Waals surface area contributed by atoms with Crippen LogP contribution in [0.5, 0.6) is 11.5 Å². The molecule has 1 aliphatic carbocycles. The second-order valence-electron chi connectivity index (χ2n) is 8.72. The fourth-order valence-corrected chi connectivity index (χ4v) is 6.38. The maximum atomic E-state index is 13.1. The summed E-state index contributed by atoms with van der Waals surface area (Å²) in [7, 11) is 0. The van der Waals surface area contributed by atoms with Gasteiger partial charge in [0, 0.05) is 10.9 Å². The summed E-state index contributed by atoms with van der Waals surface area (Å²) in [5.74, 6) is 1.13. The molecule has 1 N–H and O–H groups in total. The fourth-order valence-electron chi connectivity index (χ4n) is 5.08. The van der Waals surface area contributed by atoms with Crippen molar-refractivity contribution in [2.24, 2.45) is 0 Å². The number of carbonyl (C=O) groups excluding carboxylic acids is 2. The number of amides is 1. The van der Waals surface area contributed by atoms with E-state index in [0.29, 0.717) is 30.4 Å². The van der Waals surface area contributed by atoms with E-state index in [1.54, 1.807) is 6.92 Å². The third kappa shape index (κ3) is 4.59. The number of benzene rings is 1. The number of carbonyl (C=O) groups is 2. The molecule has 1 saturated heterocycles. The van der Waals surface area contributed by atoms with Crippen molar-refractivity contribution in [1.29, 1.82) is 0 Å². The van der Waals surface area contributed by atoms with Crippen molar-refractivity contribution >= 4 is 28.2 Å². The van der Waals surface area contributed by atoms with Gasteiger partial charge in [0.25, 0.3) is 0 Å². The molecule has 0 spiro atoms. The van der Waals surface area contributed by atoms with Crippen LogP contribution in [0.15, 0.2) is 18.2 Å². The number of thiophene rings is 1. The molecule has 3 heterocycles. The van der Waals surface area contributed by atoms with Crippen molar-refractivity contribution in [3.63, 3.8) is 0 Å². The van der Waals surface area contributed by atoms with Crippen LogP contribution in [-0.4, -0.2) is 49.7 Å². The van der Waals surface area contributed by atoms with Gasteiger partial charge in [0.15, 0.2) is 11.5 Å². The predicted molar refractivity (Wildman–Crippen MR) is 127 cm³/mol. The lowest BCUT2D eigenvalue weighted by Crippen LogP contribution is -2.33. The number of nitrogens with zero attached hydrogens (tertiary/aromatic N) is 1. The predicted octanol–water partition coefficient (Wildman–Crippen LogP) is 4.35. The van der Waals surface area contributed by atoms with Crippen LogP contribution in [0, 0.1) is 0 Å². The minimum absolute atomic E-state index is 0.0939. The monoisotopic (exact) mass is 470 g/mol. The zero-order valence-electron chi connectivity index (χ0n) is 19.0. The standard InChI is InChI=1S/C25H30N2O5S/c1-2-30-25(29)23-17-6-3-4-8-21(17)33-24(23)26-22(28)15-27-11-5-7-18(27)16-9-10-19-20(14-16)32-13-12-31-19/h9-10,14,18H,2-8,11-13,15H2,1H3,(H,26,28). The quantitative estimate of drug-likeness (QED) is 0.633. The molecule has 0 bridgehead atoms. The Morgan fingerprint density at radius 1 is 1.15 bits per heavy atom. The van der Waals surface area contributed by atoms with Crippen molar-refractivity contribution in [2.75, 3.05) is 38.2 Å². The first-order chi connectivity index (χ1) is 16.1. The molecule has 33 heavy (non-hydrogen) atoms. The lowest BCUT2D eigenvalue weighted by atomic mass is 9.95. The van der Waals surface area contributed by atoms with Crippen LogP contribution in [0.3, 0.4) is 0 Å². The summed E-state index contributed by atoms with van der Waals surface area (Å²) in [6.07, 6.45) is 6.04. The van der Waals surface area contributed by atoms with Gasteiger partial charge in [-0.1, -0.05) is 6.07 Å². The molecule has 8 heteroatoms. The van der Waals surface area contributed by atoms with Gasteiger partial charge in [-0.3, -0.25) is 9.69 Å². The second kappa shape index (κ2) is 9.73. The molecule has 1 aromatic heterocycles. The third-order valence-corrected chi connectivity index (χ3v) is 7.77. The first kappa shape index (κ1) is 22.2. The third-order valence-electron chi connectivity index (χ3n) is 6.57. The van der Waals surface area contributed by atoms with E-state index in [9.17, 15) is 9.59 Å². The molecule has 2 aromatic rings. The molecule has 1 atom stereocenters. The Morgan fingerprint density at radius 2 is 1.97 bits per heavy atom. The smallest absolute Gasteiger partial charge is 0.341 e. The van der Waals surface area contributed by atoms with Crippen molar-refractivity contribution in [3.05, 3.63) is 39.8 Å². The van der Waals surface area contributed by atoms with E-state index < -0.39 is 0 Å². The van der Waals surface area contributed by atoms with E-state index in [4.69, 9.17) is 14.2 Å². The van der Waals surface area contributed by atoms with E-state index in [1.807, 2.05) is 12.1 Å². The average Bonchev–Trinajstić information content (AvgIpc) is 3.42. The number of hydrogen-bond donors (Lipinski definition) is 1. The SMILES string of the molecule is CCOC(=O)c1c(NC(=O)CN2CCCC2c2ccc3c(c2)OCCO3)sc2c1CCCC2. The topological polar surface area (TPSA) is 77.1 Å². The summed E-state index contributed by atoms with van der Waals surface area (Å²) < 4.78 is 16.7. The van der Waals surface area contributed by atoms with E-state index in [1.165, 1.54) is 16.2 Å². The fraction of sp³-hybridized carbons (Fsp3) is 0.520. The van der Waals surface area contributed by atoms with Crippen LogP contribution in [0.1, 0.15) is 65.0 Å². The zero-order chi connectivity index (χ0) is 22.8. The highest BCUT2D eigenvalue weighted by atomic mass is 32.1. The van der Waals surface area contributed by atoms with E-state index in [0.717, 1.165) is 67.7 Å². The Morgan fingerprint density at radius 3 is 2.82 bits per heavy atom. The average molecular weight is 471 g/mol. The van der Waals surface area contributed by atoms with Crippen LogP contribution in [0.25, 0.3) is 0 Å². The highest BCUT2D eigenvalue weighted by molar-refractivity contribution is 7.17. The summed E-state index contributed by atoms with van der Waals surface area (Å²) in [6.45, 7) is 4.40. The van der Waals surface area contributed by atoms with Gasteiger partial charge in [0.05, 0.1) is 18.7 Å². The Balaban J connectivity index is 1.31. The van der Waals surface area contributed by atoms with Gasteiger partial charge < -0.3 is 19.5 Å². The molecule has 1 unspecified atom stereocenters. The normalized spacial score (nSPS) is 19.7. The van der Waals surface area contributed by atoms with E-state index in [-0.39, 0.29) is 24.5 Å². The minimum Gasteiger partial charge on any atom is -0.486 e. The Bertz CT molecular complexity index is 1050. The van der Waals surface area contributed by atoms with Gasteiger partial charge in [-0.25, -0.2) is 4.79 Å². The van der Waals surface area contributed by atoms with E-state index >= 15 is 0 Å². The molecule has 176 valence electrons. The number of rotatable bonds is 6. The first-order valence-corrected chi connectivity index (χ1v) is 12.7. The van der Waals surface area contributed by atoms with Crippen molar-refractivity contribution in [2.45, 2.75) is 51.5 Å². The number of ether oxygens (including phenoxy) is 3. The number of hydrogen-bond acceptors (Lipinski definition) is 7. The number of fused-ring (bicyclic) bond motifs is 2.